The van der Waals surface area contributed by atoms with E-state index >= 15 is 0 Å². The summed E-state index contributed by atoms with van der Waals surface area (Å²) >= 11 is 0. The Morgan fingerprint density at radius 2 is 2.46 bits per heavy atom. The van der Waals surface area contributed by atoms with Crippen LogP contribution in [0.25, 0.3) is 0 Å². The smallest absolute Gasteiger partial charge is 0.216 e. The number of aromatic nitrogens is 1. The molecule has 0 radical (unpaired) electrons. The first-order valence-electron chi connectivity index (χ1n) is 3.83. The zero-order chi connectivity index (χ0) is 9.68. The van der Waals surface area contributed by atoms with Gasteiger partial charge in [0.1, 0.15) is 0 Å². The molecule has 0 aromatic carbocycles. The van der Waals surface area contributed by atoms with Crippen molar-refractivity contribution in [2.24, 2.45) is 0 Å². The second-order valence-corrected chi connectivity index (χ2v) is 2.48. The molecule has 0 N–H and O–H groups in total. The fourth-order valence-electron chi connectivity index (χ4n) is 1.01. The van der Waals surface area contributed by atoms with Gasteiger partial charge in [-0.25, -0.2) is 4.98 Å². The van der Waals surface area contributed by atoms with Gasteiger partial charge >= 0.3 is 0 Å². The molecule has 1 aromatic rings. The normalized spacial score (nSPS) is 9.62. The predicted octanol–water partition coefficient (Wildman–Crippen LogP) is 0.909. The summed E-state index contributed by atoms with van der Waals surface area (Å²) in [5.41, 5.74) is 0.765. The molecule has 70 valence electrons. The molecule has 0 atom stereocenters. The molecule has 0 bridgehead atoms. The summed E-state index contributed by atoms with van der Waals surface area (Å²) < 4.78 is 4.94. The van der Waals surface area contributed by atoms with Crippen molar-refractivity contribution in [2.45, 2.75) is 6.42 Å². The average Bonchev–Trinajstić information content (AvgIpc) is 2.15. The van der Waals surface area contributed by atoms with Crippen molar-refractivity contribution in [1.29, 1.82) is 0 Å². The molecule has 1 heterocycles. The maximum absolute atomic E-state index is 10.1. The zero-order valence-corrected chi connectivity index (χ0v) is 7.27. The van der Waals surface area contributed by atoms with Crippen molar-refractivity contribution < 1.29 is 9.66 Å². The van der Waals surface area contributed by atoms with Gasteiger partial charge in [0.25, 0.3) is 0 Å². The molecule has 1 aromatic heterocycles. The Morgan fingerprint density at radius 1 is 1.69 bits per heavy atom. The van der Waals surface area contributed by atoms with Gasteiger partial charge < -0.3 is 4.74 Å². The molecule has 1 rings (SSSR count). The second-order valence-electron chi connectivity index (χ2n) is 2.48. The molecule has 0 fully saturated rings. The van der Waals surface area contributed by atoms with Gasteiger partial charge in [0.15, 0.2) is 0 Å². The number of methoxy groups -OCH3 is 1. The molecule has 0 aliphatic heterocycles. The van der Waals surface area contributed by atoms with E-state index < -0.39 is 0 Å². The van der Waals surface area contributed by atoms with Crippen LogP contribution in [-0.4, -0.2) is 23.6 Å². The molecule has 5 nitrogen and oxygen atoms in total. The lowest BCUT2D eigenvalue weighted by Crippen LogP contribution is -2.05. The van der Waals surface area contributed by atoms with Crippen LogP contribution < -0.4 is 4.74 Å². The van der Waals surface area contributed by atoms with E-state index in [1.54, 1.807) is 18.3 Å². The maximum atomic E-state index is 10.1. The molecular formula is C8H10N2O3. The van der Waals surface area contributed by atoms with Crippen LogP contribution in [0.2, 0.25) is 0 Å². The Bertz CT molecular complexity index is 301. The van der Waals surface area contributed by atoms with Crippen LogP contribution in [0.3, 0.4) is 0 Å². The highest BCUT2D eigenvalue weighted by Crippen LogP contribution is 2.13. The lowest BCUT2D eigenvalue weighted by atomic mass is 10.2. The average molecular weight is 182 g/mol. The SMILES string of the molecule is COc1ncccc1CC[N+](=O)[O-]. The van der Waals surface area contributed by atoms with Gasteiger partial charge in [-0.15, -0.1) is 0 Å². The van der Waals surface area contributed by atoms with E-state index in [4.69, 9.17) is 4.74 Å². The van der Waals surface area contributed by atoms with E-state index in [0.717, 1.165) is 5.56 Å². The first-order valence-corrected chi connectivity index (χ1v) is 3.83. The van der Waals surface area contributed by atoms with Gasteiger partial charge in [0.2, 0.25) is 12.4 Å². The van der Waals surface area contributed by atoms with E-state index in [2.05, 4.69) is 4.98 Å². The monoisotopic (exact) mass is 182 g/mol. The highest BCUT2D eigenvalue weighted by atomic mass is 16.6. The Balaban J connectivity index is 2.69. The van der Waals surface area contributed by atoms with Crippen LogP contribution in [0.1, 0.15) is 5.56 Å². The van der Waals surface area contributed by atoms with Gasteiger partial charge in [0.05, 0.1) is 7.11 Å². The molecule has 0 aliphatic rings. The topological polar surface area (TPSA) is 65.3 Å². The predicted molar refractivity (Wildman–Crippen MR) is 46.4 cm³/mol. The Kier molecular flexibility index (Phi) is 3.19. The van der Waals surface area contributed by atoms with Crippen molar-refractivity contribution in [3.8, 4) is 5.88 Å². The fourth-order valence-corrected chi connectivity index (χ4v) is 1.01. The summed E-state index contributed by atoms with van der Waals surface area (Å²) in [5.74, 6) is 0.462. The number of pyridine rings is 1. The minimum Gasteiger partial charge on any atom is -0.481 e. The summed E-state index contributed by atoms with van der Waals surface area (Å²) in [4.78, 5) is 13.7. The Labute approximate surface area is 75.5 Å². The van der Waals surface area contributed by atoms with Crippen LogP contribution in [0.15, 0.2) is 18.3 Å². The largest absolute Gasteiger partial charge is 0.481 e. The highest BCUT2D eigenvalue weighted by molar-refractivity contribution is 5.25. The molecule has 0 amide bonds. The number of hydrogen-bond acceptors (Lipinski definition) is 4. The summed E-state index contributed by atoms with van der Waals surface area (Å²) in [6.07, 6.45) is 1.94. The first-order chi connectivity index (χ1) is 6.24. The minimum absolute atomic E-state index is 0.0952. The van der Waals surface area contributed by atoms with Crippen LogP contribution in [0.5, 0.6) is 5.88 Å². The number of nitrogens with zero attached hydrogens (tertiary/aromatic N) is 2. The summed E-state index contributed by atoms with van der Waals surface area (Å²) in [6, 6.07) is 3.51. The van der Waals surface area contributed by atoms with E-state index in [1.807, 2.05) is 0 Å². The molecule has 13 heavy (non-hydrogen) atoms. The molecule has 0 aliphatic carbocycles. The number of ether oxygens (including phenoxy) is 1. The van der Waals surface area contributed by atoms with Gasteiger partial charge in [-0.05, 0) is 6.07 Å². The maximum Gasteiger partial charge on any atom is 0.216 e. The molecule has 0 unspecified atom stereocenters. The standard InChI is InChI=1S/C8H10N2O3/c1-13-8-7(3-2-5-9-8)4-6-10(11)12/h2-3,5H,4,6H2,1H3. The van der Waals surface area contributed by atoms with Crippen LogP contribution in [0.4, 0.5) is 0 Å². The van der Waals surface area contributed by atoms with Crippen molar-refractivity contribution in [1.82, 2.24) is 4.98 Å². The summed E-state index contributed by atoms with van der Waals surface area (Å²) in [5, 5.41) is 10.1. The third-order valence-electron chi connectivity index (χ3n) is 1.61. The summed E-state index contributed by atoms with van der Waals surface area (Å²) in [6.45, 7) is -0.0952. The fraction of sp³-hybridized carbons (Fsp3) is 0.375. The molecular weight excluding hydrogens is 172 g/mol. The van der Waals surface area contributed by atoms with E-state index in [1.165, 1.54) is 7.11 Å². The van der Waals surface area contributed by atoms with Crippen LogP contribution in [0, 0.1) is 10.1 Å². The Hall–Kier alpha value is -1.65. The van der Waals surface area contributed by atoms with Gasteiger partial charge in [0, 0.05) is 23.1 Å². The van der Waals surface area contributed by atoms with Crippen molar-refractivity contribution in [2.75, 3.05) is 13.7 Å². The van der Waals surface area contributed by atoms with Crippen LogP contribution in [-0.2, 0) is 6.42 Å². The van der Waals surface area contributed by atoms with Gasteiger partial charge in [-0.3, -0.25) is 10.1 Å². The molecule has 0 saturated heterocycles. The third-order valence-corrected chi connectivity index (χ3v) is 1.61. The van der Waals surface area contributed by atoms with Gasteiger partial charge in [-0.1, -0.05) is 6.07 Å². The summed E-state index contributed by atoms with van der Waals surface area (Å²) in [7, 11) is 1.50. The van der Waals surface area contributed by atoms with Crippen molar-refractivity contribution >= 4 is 0 Å². The Morgan fingerprint density at radius 3 is 3.08 bits per heavy atom. The van der Waals surface area contributed by atoms with Crippen molar-refractivity contribution in [3.05, 3.63) is 34.0 Å². The van der Waals surface area contributed by atoms with Crippen LogP contribution >= 0.6 is 0 Å². The van der Waals surface area contributed by atoms with Gasteiger partial charge in [-0.2, -0.15) is 0 Å². The second kappa shape index (κ2) is 4.39. The quantitative estimate of drug-likeness (QED) is 0.512. The molecule has 5 heteroatoms. The zero-order valence-electron chi connectivity index (χ0n) is 7.27. The number of hydrogen-bond donors (Lipinski definition) is 0. The lowest BCUT2D eigenvalue weighted by molar-refractivity contribution is -0.479. The first kappa shape index (κ1) is 9.44. The lowest BCUT2D eigenvalue weighted by Gasteiger charge is -2.03. The number of rotatable bonds is 4. The van der Waals surface area contributed by atoms with E-state index in [0.29, 0.717) is 12.3 Å². The van der Waals surface area contributed by atoms with E-state index in [-0.39, 0.29) is 11.5 Å². The van der Waals surface area contributed by atoms with Crippen molar-refractivity contribution in [3.63, 3.8) is 0 Å². The molecule has 0 spiro atoms. The third kappa shape index (κ3) is 2.70. The van der Waals surface area contributed by atoms with E-state index in [9.17, 15) is 10.1 Å². The molecule has 0 saturated carbocycles. The highest BCUT2D eigenvalue weighted by Gasteiger charge is 2.05. The minimum atomic E-state index is -0.355. The number of nitro groups is 1.